The van der Waals surface area contributed by atoms with Crippen molar-refractivity contribution in [1.29, 1.82) is 0 Å². The minimum atomic E-state index is -1.00. The van der Waals surface area contributed by atoms with Crippen molar-refractivity contribution in [2.45, 2.75) is 27.2 Å². The molecule has 1 aromatic carbocycles. The van der Waals surface area contributed by atoms with Crippen LogP contribution >= 0.6 is 0 Å². The van der Waals surface area contributed by atoms with Gasteiger partial charge in [0.1, 0.15) is 5.75 Å². The molecule has 5 heteroatoms. The molecule has 0 saturated heterocycles. The fourth-order valence-corrected chi connectivity index (χ4v) is 1.56. The zero-order chi connectivity index (χ0) is 14.6. The molecule has 0 saturated carbocycles. The number of carbonyl (C=O) groups is 2. The SMILES string of the molecule is CCC(C)(CNC(=O)c1ccc(C)cc1O)C(=O)O. The van der Waals surface area contributed by atoms with E-state index in [4.69, 9.17) is 5.11 Å². The van der Waals surface area contributed by atoms with Gasteiger partial charge < -0.3 is 15.5 Å². The number of carboxylic acid groups (broad SMARTS) is 1. The summed E-state index contributed by atoms with van der Waals surface area (Å²) in [6, 6.07) is 4.72. The van der Waals surface area contributed by atoms with Crippen LogP contribution in [0.15, 0.2) is 18.2 Å². The van der Waals surface area contributed by atoms with E-state index in [1.807, 2.05) is 0 Å². The molecule has 0 bridgehead atoms. The number of aromatic hydroxyl groups is 1. The van der Waals surface area contributed by atoms with Crippen molar-refractivity contribution in [3.63, 3.8) is 0 Å². The Morgan fingerprint density at radius 1 is 1.37 bits per heavy atom. The molecule has 0 aliphatic heterocycles. The van der Waals surface area contributed by atoms with Gasteiger partial charge in [-0.2, -0.15) is 0 Å². The number of carbonyl (C=O) groups excluding carboxylic acids is 1. The van der Waals surface area contributed by atoms with Gasteiger partial charge in [0, 0.05) is 6.54 Å². The van der Waals surface area contributed by atoms with Gasteiger partial charge in [0.25, 0.3) is 5.91 Å². The standard InChI is InChI=1S/C14H19NO4/c1-4-14(3,13(18)19)8-15-12(17)10-6-5-9(2)7-11(10)16/h5-7,16H,4,8H2,1-3H3,(H,15,17)(H,18,19). The minimum absolute atomic E-state index is 0.0188. The second-order valence-electron chi connectivity index (χ2n) is 4.92. The second-order valence-corrected chi connectivity index (χ2v) is 4.92. The van der Waals surface area contributed by atoms with E-state index >= 15 is 0 Å². The summed E-state index contributed by atoms with van der Waals surface area (Å²) in [6.07, 6.45) is 0.405. The highest BCUT2D eigenvalue weighted by Gasteiger charge is 2.31. The van der Waals surface area contributed by atoms with Crippen LogP contribution in [0.1, 0.15) is 36.2 Å². The van der Waals surface area contributed by atoms with Gasteiger partial charge in [0.05, 0.1) is 11.0 Å². The van der Waals surface area contributed by atoms with Crippen molar-refractivity contribution in [1.82, 2.24) is 5.32 Å². The first-order valence-corrected chi connectivity index (χ1v) is 6.11. The van der Waals surface area contributed by atoms with E-state index in [1.165, 1.54) is 12.1 Å². The summed E-state index contributed by atoms with van der Waals surface area (Å²) in [5.41, 5.74) is -0.0110. The Labute approximate surface area is 112 Å². The van der Waals surface area contributed by atoms with Crippen LogP contribution in [0.25, 0.3) is 0 Å². The first-order chi connectivity index (χ1) is 8.80. The van der Waals surface area contributed by atoms with Crippen LogP contribution in [-0.2, 0) is 4.79 Å². The topological polar surface area (TPSA) is 86.6 Å². The number of carboxylic acids is 1. The molecule has 104 valence electrons. The van der Waals surface area contributed by atoms with Crippen LogP contribution in [-0.4, -0.2) is 28.6 Å². The largest absolute Gasteiger partial charge is 0.507 e. The number of rotatable bonds is 5. The molecular weight excluding hydrogens is 246 g/mol. The van der Waals surface area contributed by atoms with Crippen molar-refractivity contribution in [2.24, 2.45) is 5.41 Å². The fraction of sp³-hybridized carbons (Fsp3) is 0.429. The molecule has 19 heavy (non-hydrogen) atoms. The Morgan fingerprint density at radius 2 is 2.00 bits per heavy atom. The van der Waals surface area contributed by atoms with E-state index in [-0.39, 0.29) is 17.9 Å². The van der Waals surface area contributed by atoms with Gasteiger partial charge in [-0.15, -0.1) is 0 Å². The van der Waals surface area contributed by atoms with Crippen molar-refractivity contribution in [3.8, 4) is 5.75 Å². The lowest BCUT2D eigenvalue weighted by Gasteiger charge is -2.23. The Balaban J connectivity index is 2.78. The highest BCUT2D eigenvalue weighted by Crippen LogP contribution is 2.22. The summed E-state index contributed by atoms with van der Waals surface area (Å²) in [5, 5.41) is 21.3. The summed E-state index contributed by atoms with van der Waals surface area (Å²) in [6.45, 7) is 5.15. The number of aliphatic carboxylic acids is 1. The summed E-state index contributed by atoms with van der Waals surface area (Å²) in [5.74, 6) is -1.53. The van der Waals surface area contributed by atoms with Crippen LogP contribution in [0.2, 0.25) is 0 Å². The molecule has 0 spiro atoms. The average molecular weight is 265 g/mol. The second kappa shape index (κ2) is 5.73. The highest BCUT2D eigenvalue weighted by atomic mass is 16.4. The lowest BCUT2D eigenvalue weighted by molar-refractivity contribution is -0.147. The third kappa shape index (κ3) is 3.47. The average Bonchev–Trinajstić information content (AvgIpc) is 2.35. The van der Waals surface area contributed by atoms with E-state index < -0.39 is 17.3 Å². The van der Waals surface area contributed by atoms with Crippen molar-refractivity contribution in [2.75, 3.05) is 6.54 Å². The lowest BCUT2D eigenvalue weighted by atomic mass is 9.87. The molecule has 1 unspecified atom stereocenters. The normalized spacial score (nSPS) is 13.6. The number of phenolic OH excluding ortho intramolecular Hbond substituents is 1. The van der Waals surface area contributed by atoms with E-state index in [9.17, 15) is 14.7 Å². The Kier molecular flexibility index (Phi) is 4.53. The molecule has 0 heterocycles. The zero-order valence-electron chi connectivity index (χ0n) is 11.4. The molecule has 1 rings (SSSR count). The molecule has 1 amide bonds. The van der Waals surface area contributed by atoms with Crippen molar-refractivity contribution >= 4 is 11.9 Å². The maximum absolute atomic E-state index is 11.9. The predicted molar refractivity (Wildman–Crippen MR) is 71.2 cm³/mol. The maximum atomic E-state index is 11.9. The van der Waals surface area contributed by atoms with Gasteiger partial charge in [0.15, 0.2) is 0 Å². The molecule has 0 aromatic heterocycles. The molecule has 1 atom stereocenters. The lowest BCUT2D eigenvalue weighted by Crippen LogP contribution is -2.40. The Hall–Kier alpha value is -2.04. The van der Waals surface area contributed by atoms with Gasteiger partial charge in [0.2, 0.25) is 0 Å². The number of phenols is 1. The van der Waals surface area contributed by atoms with Crippen molar-refractivity contribution in [3.05, 3.63) is 29.3 Å². The van der Waals surface area contributed by atoms with Gasteiger partial charge >= 0.3 is 5.97 Å². The summed E-state index contributed by atoms with van der Waals surface area (Å²) < 4.78 is 0. The Morgan fingerprint density at radius 3 is 2.47 bits per heavy atom. The van der Waals surface area contributed by atoms with Crippen LogP contribution in [0, 0.1) is 12.3 Å². The predicted octanol–water partition coefficient (Wildman–Crippen LogP) is 1.93. The summed E-state index contributed by atoms with van der Waals surface area (Å²) in [4.78, 5) is 23.0. The number of amides is 1. The zero-order valence-corrected chi connectivity index (χ0v) is 11.4. The number of nitrogens with one attached hydrogen (secondary N) is 1. The first kappa shape index (κ1) is 15.0. The molecule has 0 fully saturated rings. The maximum Gasteiger partial charge on any atom is 0.311 e. The molecule has 3 N–H and O–H groups in total. The van der Waals surface area contributed by atoms with E-state index in [2.05, 4.69) is 5.32 Å². The fourth-order valence-electron chi connectivity index (χ4n) is 1.56. The smallest absolute Gasteiger partial charge is 0.311 e. The van der Waals surface area contributed by atoms with Gasteiger partial charge in [-0.3, -0.25) is 9.59 Å². The molecular formula is C14H19NO4. The van der Waals surface area contributed by atoms with Gasteiger partial charge in [-0.1, -0.05) is 13.0 Å². The van der Waals surface area contributed by atoms with Gasteiger partial charge in [-0.25, -0.2) is 0 Å². The summed E-state index contributed by atoms with van der Waals surface area (Å²) >= 11 is 0. The van der Waals surface area contributed by atoms with E-state index in [0.29, 0.717) is 6.42 Å². The van der Waals surface area contributed by atoms with E-state index in [0.717, 1.165) is 5.56 Å². The van der Waals surface area contributed by atoms with E-state index in [1.54, 1.807) is 26.8 Å². The molecule has 5 nitrogen and oxygen atoms in total. The number of hydrogen-bond acceptors (Lipinski definition) is 3. The number of aryl methyl sites for hydroxylation is 1. The molecule has 0 aliphatic carbocycles. The Bertz CT molecular complexity index is 498. The number of hydrogen-bond donors (Lipinski definition) is 3. The van der Waals surface area contributed by atoms with Crippen LogP contribution in [0.5, 0.6) is 5.75 Å². The minimum Gasteiger partial charge on any atom is -0.507 e. The quantitative estimate of drug-likeness (QED) is 0.759. The summed E-state index contributed by atoms with van der Waals surface area (Å²) in [7, 11) is 0. The van der Waals surface area contributed by atoms with Crippen LogP contribution in [0.3, 0.4) is 0 Å². The first-order valence-electron chi connectivity index (χ1n) is 6.11. The third-order valence-corrected chi connectivity index (χ3v) is 3.33. The molecule has 1 aromatic rings. The van der Waals surface area contributed by atoms with Gasteiger partial charge in [-0.05, 0) is 38.0 Å². The molecule has 0 radical (unpaired) electrons. The monoisotopic (exact) mass is 265 g/mol. The highest BCUT2D eigenvalue weighted by molar-refractivity contribution is 5.97. The molecule has 0 aliphatic rings. The third-order valence-electron chi connectivity index (χ3n) is 3.33. The number of benzene rings is 1. The van der Waals surface area contributed by atoms with Crippen LogP contribution < -0.4 is 5.32 Å². The van der Waals surface area contributed by atoms with Crippen molar-refractivity contribution < 1.29 is 19.8 Å². The van der Waals surface area contributed by atoms with Crippen LogP contribution in [0.4, 0.5) is 0 Å².